The van der Waals surface area contributed by atoms with Crippen molar-refractivity contribution in [3.63, 3.8) is 0 Å². The van der Waals surface area contributed by atoms with Crippen molar-refractivity contribution in [3.8, 4) is 0 Å². The van der Waals surface area contributed by atoms with E-state index in [9.17, 15) is 18.0 Å². The first-order chi connectivity index (χ1) is 15.1. The number of rotatable bonds is 7. The Morgan fingerprint density at radius 1 is 1.22 bits per heavy atom. The van der Waals surface area contributed by atoms with Crippen LogP contribution in [0.2, 0.25) is 0 Å². The maximum atomic E-state index is 12.9. The topological polar surface area (TPSA) is 106 Å². The van der Waals surface area contributed by atoms with Crippen molar-refractivity contribution < 1.29 is 22.7 Å². The fourth-order valence-electron chi connectivity index (χ4n) is 3.65. The molecular formula is C22H27N3O5S2. The van der Waals surface area contributed by atoms with E-state index in [1.165, 1.54) is 52.1 Å². The summed E-state index contributed by atoms with van der Waals surface area (Å²) in [4.78, 5) is 28.2. The zero-order valence-corrected chi connectivity index (χ0v) is 19.9. The highest BCUT2D eigenvalue weighted by molar-refractivity contribution is 7.89. The van der Waals surface area contributed by atoms with Gasteiger partial charge >= 0.3 is 5.97 Å². The Kier molecular flexibility index (Phi) is 7.81. The van der Waals surface area contributed by atoms with Gasteiger partial charge in [0.05, 0.1) is 15.6 Å². The van der Waals surface area contributed by atoms with Crippen LogP contribution in [0.5, 0.6) is 0 Å². The number of carbonyl (C=O) groups is 2. The number of ether oxygens (including phenoxy) is 1. The molecule has 2 atom stereocenters. The van der Waals surface area contributed by atoms with E-state index in [-0.39, 0.29) is 4.90 Å². The molecule has 0 aliphatic carbocycles. The maximum Gasteiger partial charge on any atom is 0.331 e. The summed E-state index contributed by atoms with van der Waals surface area (Å²) < 4.78 is 32.3. The Labute approximate surface area is 192 Å². The molecule has 1 N–H and O–H groups in total. The highest BCUT2D eigenvalue weighted by Crippen LogP contribution is 2.27. The number of thiazole rings is 1. The van der Waals surface area contributed by atoms with E-state index in [1.807, 2.05) is 12.3 Å². The number of aromatic nitrogens is 1. The highest BCUT2D eigenvalue weighted by Gasteiger charge is 2.31. The number of anilines is 1. The van der Waals surface area contributed by atoms with E-state index in [0.717, 1.165) is 11.4 Å². The van der Waals surface area contributed by atoms with Gasteiger partial charge < -0.3 is 10.1 Å². The number of sulfonamides is 1. The monoisotopic (exact) mass is 477 g/mol. The molecule has 2 heterocycles. The van der Waals surface area contributed by atoms with E-state index in [4.69, 9.17) is 4.74 Å². The summed E-state index contributed by atoms with van der Waals surface area (Å²) in [5, 5.41) is 5.28. The van der Waals surface area contributed by atoms with Crippen LogP contribution in [0.15, 0.2) is 40.6 Å². The van der Waals surface area contributed by atoms with E-state index in [0.29, 0.717) is 36.3 Å². The van der Waals surface area contributed by atoms with Gasteiger partial charge in [0, 0.05) is 30.2 Å². The van der Waals surface area contributed by atoms with Crippen molar-refractivity contribution in [2.24, 2.45) is 11.8 Å². The minimum Gasteiger partial charge on any atom is -0.452 e. The van der Waals surface area contributed by atoms with Crippen molar-refractivity contribution >= 4 is 45.0 Å². The quantitative estimate of drug-likeness (QED) is 0.484. The van der Waals surface area contributed by atoms with E-state index >= 15 is 0 Å². The lowest BCUT2D eigenvalue weighted by Crippen LogP contribution is -2.42. The molecule has 0 bridgehead atoms. The van der Waals surface area contributed by atoms with Gasteiger partial charge in [0.2, 0.25) is 10.0 Å². The first kappa shape index (κ1) is 24.1. The van der Waals surface area contributed by atoms with Crippen LogP contribution in [0.4, 0.5) is 5.69 Å². The summed E-state index contributed by atoms with van der Waals surface area (Å²) in [6, 6.07) is 5.99. The number of aryl methyl sites for hydroxylation is 1. The molecule has 1 aliphatic rings. The number of hydrogen-bond acceptors (Lipinski definition) is 7. The summed E-state index contributed by atoms with van der Waals surface area (Å²) >= 11 is 1.47. The minimum absolute atomic E-state index is 0.186. The predicted molar refractivity (Wildman–Crippen MR) is 124 cm³/mol. The fourth-order valence-corrected chi connectivity index (χ4v) is 5.91. The summed E-state index contributed by atoms with van der Waals surface area (Å²) in [5.41, 5.74) is 1.07. The summed E-state index contributed by atoms with van der Waals surface area (Å²) in [5.74, 6) is -0.548. The minimum atomic E-state index is -3.58. The van der Waals surface area contributed by atoms with Crippen molar-refractivity contribution in [2.75, 3.05) is 25.0 Å². The average Bonchev–Trinajstić information content (AvgIpc) is 3.15. The van der Waals surface area contributed by atoms with Crippen LogP contribution in [0, 0.1) is 18.8 Å². The van der Waals surface area contributed by atoms with Crippen molar-refractivity contribution in [1.29, 1.82) is 0 Å². The van der Waals surface area contributed by atoms with Crippen LogP contribution in [-0.4, -0.2) is 49.3 Å². The van der Waals surface area contributed by atoms with Gasteiger partial charge in [-0.2, -0.15) is 4.31 Å². The largest absolute Gasteiger partial charge is 0.452 e. The number of nitrogens with zero attached hydrogens (tertiary/aromatic N) is 2. The third kappa shape index (κ3) is 6.47. The maximum absolute atomic E-state index is 12.9. The second-order valence-electron chi connectivity index (χ2n) is 8.07. The zero-order valence-electron chi connectivity index (χ0n) is 18.3. The second-order valence-corrected chi connectivity index (χ2v) is 11.1. The summed E-state index contributed by atoms with van der Waals surface area (Å²) in [6.45, 7) is 6.53. The van der Waals surface area contributed by atoms with E-state index < -0.39 is 28.5 Å². The molecule has 0 saturated carbocycles. The molecule has 10 heteroatoms. The molecule has 1 aliphatic heterocycles. The van der Waals surface area contributed by atoms with Gasteiger partial charge in [0.1, 0.15) is 0 Å². The summed E-state index contributed by atoms with van der Waals surface area (Å²) in [6.07, 6.45) is 3.75. The first-order valence-electron chi connectivity index (χ1n) is 10.3. The van der Waals surface area contributed by atoms with Crippen LogP contribution in [0.25, 0.3) is 6.08 Å². The molecule has 1 saturated heterocycles. The van der Waals surface area contributed by atoms with Crippen molar-refractivity contribution in [2.45, 2.75) is 32.1 Å². The molecule has 1 aromatic carbocycles. The van der Waals surface area contributed by atoms with Gasteiger partial charge in [-0.3, -0.25) is 4.79 Å². The van der Waals surface area contributed by atoms with Crippen LogP contribution >= 0.6 is 11.3 Å². The van der Waals surface area contributed by atoms with Gasteiger partial charge in [-0.25, -0.2) is 18.2 Å². The number of benzene rings is 1. The Balaban J connectivity index is 1.52. The van der Waals surface area contributed by atoms with Gasteiger partial charge in [-0.05, 0) is 55.5 Å². The Morgan fingerprint density at radius 2 is 1.88 bits per heavy atom. The third-order valence-electron chi connectivity index (χ3n) is 4.98. The number of amides is 1. The fraction of sp³-hybridized carbons (Fsp3) is 0.409. The van der Waals surface area contributed by atoms with Crippen LogP contribution < -0.4 is 5.32 Å². The zero-order chi connectivity index (χ0) is 23.3. The molecular weight excluding hydrogens is 450 g/mol. The highest BCUT2D eigenvalue weighted by atomic mass is 32.2. The Bertz CT molecular complexity index is 1080. The molecule has 3 rings (SSSR count). The lowest BCUT2D eigenvalue weighted by molar-refractivity contribution is -0.142. The van der Waals surface area contributed by atoms with E-state index in [1.54, 1.807) is 0 Å². The van der Waals surface area contributed by atoms with Crippen LogP contribution in [-0.2, 0) is 24.3 Å². The predicted octanol–water partition coefficient (Wildman–Crippen LogP) is 3.31. The SMILES string of the molecule is Cc1nc(/C=C/C(=O)OCC(=O)Nc2ccc(S(=O)(=O)N3CC(C)CC(C)C3)cc2)cs1. The first-order valence-corrected chi connectivity index (χ1v) is 12.6. The molecule has 1 aromatic heterocycles. The molecule has 2 aromatic rings. The number of hydrogen-bond donors (Lipinski definition) is 1. The molecule has 32 heavy (non-hydrogen) atoms. The molecule has 2 unspecified atom stereocenters. The molecule has 0 radical (unpaired) electrons. The van der Waals surface area contributed by atoms with Gasteiger partial charge in [0.25, 0.3) is 5.91 Å². The smallest absolute Gasteiger partial charge is 0.331 e. The molecule has 0 spiro atoms. The standard InChI is InChI=1S/C22H27N3O5S2/c1-15-10-16(2)12-25(11-15)32(28,29)20-7-4-18(5-8-20)24-21(26)13-30-22(27)9-6-19-14-31-17(3)23-19/h4-9,14-16H,10-13H2,1-3H3,(H,24,26)/b9-6+. The normalized spacial score (nSPS) is 19.7. The number of nitrogens with one attached hydrogen (secondary N) is 1. The van der Waals surface area contributed by atoms with Crippen LogP contribution in [0.1, 0.15) is 31.0 Å². The second kappa shape index (κ2) is 10.4. The Morgan fingerprint density at radius 3 is 2.47 bits per heavy atom. The Hall–Kier alpha value is -2.56. The average molecular weight is 478 g/mol. The molecule has 1 amide bonds. The van der Waals surface area contributed by atoms with Crippen LogP contribution in [0.3, 0.4) is 0 Å². The van der Waals surface area contributed by atoms with Gasteiger partial charge in [-0.15, -0.1) is 11.3 Å². The van der Waals surface area contributed by atoms with Crippen molar-refractivity contribution in [1.82, 2.24) is 9.29 Å². The van der Waals surface area contributed by atoms with Gasteiger partial charge in [0.15, 0.2) is 6.61 Å². The third-order valence-corrected chi connectivity index (χ3v) is 7.62. The number of carbonyl (C=O) groups excluding carboxylic acids is 2. The van der Waals surface area contributed by atoms with Crippen molar-refractivity contribution in [3.05, 3.63) is 46.4 Å². The lowest BCUT2D eigenvalue weighted by atomic mass is 9.94. The number of piperidine rings is 1. The molecule has 8 nitrogen and oxygen atoms in total. The molecule has 1 fully saturated rings. The van der Waals surface area contributed by atoms with Gasteiger partial charge in [-0.1, -0.05) is 13.8 Å². The van der Waals surface area contributed by atoms with E-state index in [2.05, 4.69) is 24.1 Å². The lowest BCUT2D eigenvalue weighted by Gasteiger charge is -2.34. The summed E-state index contributed by atoms with van der Waals surface area (Å²) in [7, 11) is -3.58. The number of esters is 1. The molecule has 172 valence electrons.